The Morgan fingerprint density at radius 2 is 2.00 bits per heavy atom. The summed E-state index contributed by atoms with van der Waals surface area (Å²) < 4.78 is 7.78. The molecule has 0 aliphatic rings. The smallest absolute Gasteiger partial charge is 0.222 e. The summed E-state index contributed by atoms with van der Waals surface area (Å²) in [7, 11) is 1.90. The lowest BCUT2D eigenvalue weighted by Crippen LogP contribution is -2.13. The summed E-state index contributed by atoms with van der Waals surface area (Å²) in [6.07, 6.45) is 0. The molecule has 0 bridgehead atoms. The normalized spacial score (nSPS) is 10.3. The lowest BCUT2D eigenvalue weighted by atomic mass is 10.2. The summed E-state index contributed by atoms with van der Waals surface area (Å²) in [5.41, 5.74) is 4.94. The van der Waals surface area contributed by atoms with Crippen LogP contribution >= 0.6 is 23.7 Å². The molecule has 0 saturated carbocycles. The van der Waals surface area contributed by atoms with Crippen LogP contribution < -0.4 is 10.1 Å². The molecule has 1 N–H and O–H groups in total. The van der Waals surface area contributed by atoms with Crippen molar-refractivity contribution in [3.8, 4) is 11.6 Å². The van der Waals surface area contributed by atoms with Crippen molar-refractivity contribution in [1.29, 1.82) is 0 Å². The number of nitrogens with one attached hydrogen (secondary N) is 1. The second-order valence-corrected chi connectivity index (χ2v) is 5.71. The molecule has 5 nitrogen and oxygen atoms in total. The number of para-hydroxylation sites is 1. The number of ether oxygens (including phenoxy) is 1. The maximum atomic E-state index is 6.00. The van der Waals surface area contributed by atoms with Gasteiger partial charge < -0.3 is 10.1 Å². The van der Waals surface area contributed by atoms with Crippen molar-refractivity contribution in [3.63, 3.8) is 0 Å². The Kier molecular flexibility index (Phi) is 6.15. The average molecular weight is 351 g/mol. The minimum absolute atomic E-state index is 0. The second-order valence-electron chi connectivity index (χ2n) is 4.99. The Bertz CT molecular complexity index is 728. The fraction of sp³-hybridized carbons (Fsp3) is 0.250. The van der Waals surface area contributed by atoms with Crippen LogP contribution in [0.5, 0.6) is 11.6 Å². The van der Waals surface area contributed by atoms with E-state index in [-0.39, 0.29) is 12.4 Å². The zero-order valence-corrected chi connectivity index (χ0v) is 14.7. The van der Waals surface area contributed by atoms with Crippen LogP contribution in [0.2, 0.25) is 0 Å². The first-order chi connectivity index (χ1) is 10.7. The van der Waals surface area contributed by atoms with Crippen LogP contribution in [0.3, 0.4) is 0 Å². The molecule has 0 amide bonds. The molecule has 7 heteroatoms. The van der Waals surface area contributed by atoms with Crippen molar-refractivity contribution < 1.29 is 4.74 Å². The molecule has 0 aliphatic heterocycles. The van der Waals surface area contributed by atoms with Gasteiger partial charge >= 0.3 is 0 Å². The zero-order valence-electron chi connectivity index (χ0n) is 13.0. The van der Waals surface area contributed by atoms with Gasteiger partial charge in [-0.05, 0) is 19.1 Å². The van der Waals surface area contributed by atoms with Crippen molar-refractivity contribution in [1.82, 2.24) is 20.1 Å². The third-order valence-electron chi connectivity index (χ3n) is 3.34. The van der Waals surface area contributed by atoms with Gasteiger partial charge in [0.05, 0.1) is 22.5 Å². The van der Waals surface area contributed by atoms with Crippen LogP contribution in [-0.2, 0) is 20.1 Å². The number of rotatable bonds is 6. The summed E-state index contributed by atoms with van der Waals surface area (Å²) in [4.78, 5) is 4.27. The van der Waals surface area contributed by atoms with Gasteiger partial charge in [0, 0.05) is 25.5 Å². The third kappa shape index (κ3) is 4.31. The van der Waals surface area contributed by atoms with Crippen LogP contribution in [0.15, 0.2) is 41.2 Å². The number of aromatic nitrogens is 3. The van der Waals surface area contributed by atoms with Crippen molar-refractivity contribution in [2.75, 3.05) is 0 Å². The maximum Gasteiger partial charge on any atom is 0.222 e. The van der Waals surface area contributed by atoms with Gasteiger partial charge in [0.2, 0.25) is 5.88 Å². The minimum atomic E-state index is 0. The van der Waals surface area contributed by atoms with E-state index in [0.717, 1.165) is 35.1 Å². The lowest BCUT2D eigenvalue weighted by Gasteiger charge is -2.09. The highest BCUT2D eigenvalue weighted by molar-refractivity contribution is 7.07. The Morgan fingerprint density at radius 3 is 2.70 bits per heavy atom. The van der Waals surface area contributed by atoms with Gasteiger partial charge in [-0.3, -0.25) is 0 Å². The molecule has 0 saturated heterocycles. The molecule has 122 valence electrons. The van der Waals surface area contributed by atoms with Crippen LogP contribution in [-0.4, -0.2) is 14.8 Å². The Morgan fingerprint density at radius 1 is 1.22 bits per heavy atom. The monoisotopic (exact) mass is 350 g/mol. The van der Waals surface area contributed by atoms with Gasteiger partial charge in [-0.25, -0.2) is 9.67 Å². The molecular formula is C16H19ClN4OS. The molecule has 0 spiro atoms. The van der Waals surface area contributed by atoms with Gasteiger partial charge in [0.1, 0.15) is 5.75 Å². The van der Waals surface area contributed by atoms with Crippen LogP contribution in [0.1, 0.15) is 17.0 Å². The summed E-state index contributed by atoms with van der Waals surface area (Å²) in [6, 6.07) is 9.76. The van der Waals surface area contributed by atoms with E-state index in [1.165, 1.54) is 0 Å². The fourth-order valence-corrected chi connectivity index (χ4v) is 2.81. The number of hydrogen-bond acceptors (Lipinski definition) is 5. The van der Waals surface area contributed by atoms with Crippen LogP contribution in [0, 0.1) is 6.92 Å². The second kappa shape index (κ2) is 8.10. The first-order valence-corrected chi connectivity index (χ1v) is 8.01. The number of benzene rings is 1. The van der Waals surface area contributed by atoms with Gasteiger partial charge in [-0.2, -0.15) is 5.10 Å². The quantitative estimate of drug-likeness (QED) is 0.736. The van der Waals surface area contributed by atoms with E-state index in [0.29, 0.717) is 6.54 Å². The fourth-order valence-electron chi connectivity index (χ4n) is 2.25. The van der Waals surface area contributed by atoms with Gasteiger partial charge in [0.25, 0.3) is 0 Å². The molecule has 1 aromatic carbocycles. The lowest BCUT2D eigenvalue weighted by molar-refractivity contribution is 0.423. The summed E-state index contributed by atoms with van der Waals surface area (Å²) in [5.74, 6) is 1.58. The Labute approximate surface area is 145 Å². The molecule has 2 heterocycles. The van der Waals surface area contributed by atoms with Gasteiger partial charge in [-0.15, -0.1) is 23.7 Å². The average Bonchev–Trinajstić information content (AvgIpc) is 3.12. The van der Waals surface area contributed by atoms with Gasteiger partial charge in [0.15, 0.2) is 0 Å². The first-order valence-electron chi connectivity index (χ1n) is 7.07. The largest absolute Gasteiger partial charge is 0.439 e. The van der Waals surface area contributed by atoms with Crippen molar-refractivity contribution in [2.45, 2.75) is 20.0 Å². The van der Waals surface area contributed by atoms with E-state index in [1.54, 1.807) is 16.0 Å². The minimum Gasteiger partial charge on any atom is -0.439 e. The van der Waals surface area contributed by atoms with Gasteiger partial charge in [-0.1, -0.05) is 18.2 Å². The van der Waals surface area contributed by atoms with Crippen LogP contribution in [0.4, 0.5) is 0 Å². The SMILES string of the molecule is Cc1nn(C)c(Oc2ccccc2)c1CNCc1cscn1.Cl. The van der Waals surface area contributed by atoms with E-state index in [9.17, 15) is 0 Å². The Balaban J connectivity index is 0.00000192. The summed E-state index contributed by atoms with van der Waals surface area (Å²) >= 11 is 1.61. The molecule has 0 unspecified atom stereocenters. The summed E-state index contributed by atoms with van der Waals surface area (Å²) in [6.45, 7) is 3.43. The van der Waals surface area contributed by atoms with E-state index < -0.39 is 0 Å². The topological polar surface area (TPSA) is 52.0 Å². The number of thiazole rings is 1. The van der Waals surface area contributed by atoms with E-state index in [2.05, 4.69) is 15.4 Å². The molecule has 3 aromatic rings. The number of nitrogens with zero attached hydrogens (tertiary/aromatic N) is 3. The van der Waals surface area contributed by atoms with E-state index in [4.69, 9.17) is 4.74 Å². The summed E-state index contributed by atoms with van der Waals surface area (Å²) in [5, 5.41) is 9.90. The highest BCUT2D eigenvalue weighted by Crippen LogP contribution is 2.26. The maximum absolute atomic E-state index is 6.00. The highest BCUT2D eigenvalue weighted by Gasteiger charge is 2.15. The molecule has 0 aliphatic carbocycles. The van der Waals surface area contributed by atoms with Crippen molar-refractivity contribution in [2.24, 2.45) is 7.05 Å². The number of halogens is 1. The zero-order chi connectivity index (χ0) is 15.4. The van der Waals surface area contributed by atoms with E-state index >= 15 is 0 Å². The highest BCUT2D eigenvalue weighted by atomic mass is 35.5. The molecule has 2 aromatic heterocycles. The standard InChI is InChI=1S/C16H18N4OS.ClH/c1-12-15(9-17-8-13-10-22-11-18-13)16(20(2)19-12)21-14-6-4-3-5-7-14;/h3-7,10-11,17H,8-9H2,1-2H3;1H. The van der Waals surface area contributed by atoms with E-state index in [1.807, 2.05) is 55.2 Å². The molecule has 0 radical (unpaired) electrons. The molecule has 23 heavy (non-hydrogen) atoms. The number of hydrogen-bond donors (Lipinski definition) is 1. The first kappa shape index (κ1) is 17.5. The molecule has 3 rings (SSSR count). The molecule has 0 atom stereocenters. The molecule has 0 fully saturated rings. The number of aryl methyl sites for hydroxylation is 2. The third-order valence-corrected chi connectivity index (χ3v) is 3.97. The predicted octanol–water partition coefficient (Wildman–Crippen LogP) is 3.69. The van der Waals surface area contributed by atoms with Crippen LogP contribution in [0.25, 0.3) is 0 Å². The Hall–Kier alpha value is -1.89. The molecular weight excluding hydrogens is 332 g/mol. The van der Waals surface area contributed by atoms with Crippen molar-refractivity contribution >= 4 is 23.7 Å². The van der Waals surface area contributed by atoms with Crippen molar-refractivity contribution in [3.05, 3.63) is 58.2 Å². The predicted molar refractivity (Wildman–Crippen MR) is 94.4 cm³/mol.